The maximum Gasteiger partial charge on any atom is 0.354 e. The molecule has 116 valence electrons. The van der Waals surface area contributed by atoms with E-state index < -0.39 is 18.0 Å². The molecule has 1 atom stereocenters. The van der Waals surface area contributed by atoms with E-state index in [0.29, 0.717) is 22.3 Å². The molecule has 0 unspecified atom stereocenters. The summed E-state index contributed by atoms with van der Waals surface area (Å²) in [5.41, 5.74) is 1.68. The first-order valence-corrected chi connectivity index (χ1v) is 7.09. The summed E-state index contributed by atoms with van der Waals surface area (Å²) in [7, 11) is 1.23. The van der Waals surface area contributed by atoms with Gasteiger partial charge in [-0.25, -0.2) is 4.79 Å². The Bertz CT molecular complexity index is 796. The number of aliphatic hydroxyl groups is 1. The zero-order valence-electron chi connectivity index (χ0n) is 12.4. The van der Waals surface area contributed by atoms with Gasteiger partial charge in [0, 0.05) is 11.1 Å². The van der Waals surface area contributed by atoms with Crippen LogP contribution in [0.5, 0.6) is 0 Å². The minimum Gasteiger partial charge on any atom is -0.464 e. The smallest absolute Gasteiger partial charge is 0.354 e. The van der Waals surface area contributed by atoms with Crippen LogP contribution in [0, 0.1) is 0 Å². The van der Waals surface area contributed by atoms with E-state index in [1.165, 1.54) is 7.11 Å². The average Bonchev–Trinajstić information content (AvgIpc) is 2.71. The van der Waals surface area contributed by atoms with Gasteiger partial charge in [0.25, 0.3) is 5.91 Å². The lowest BCUT2D eigenvalue weighted by Gasteiger charge is -2.17. The Hall–Kier alpha value is -2.92. The van der Waals surface area contributed by atoms with Crippen LogP contribution in [0.25, 0.3) is 5.57 Å². The first-order chi connectivity index (χ1) is 11.1. The van der Waals surface area contributed by atoms with Crippen molar-refractivity contribution in [3.63, 3.8) is 0 Å². The number of nitrogens with one attached hydrogen (secondary N) is 1. The summed E-state index contributed by atoms with van der Waals surface area (Å²) >= 11 is 0. The molecule has 0 spiro atoms. The van der Waals surface area contributed by atoms with Crippen molar-refractivity contribution in [3.05, 3.63) is 77.0 Å². The van der Waals surface area contributed by atoms with Gasteiger partial charge >= 0.3 is 5.97 Å². The molecule has 1 aliphatic heterocycles. The summed E-state index contributed by atoms with van der Waals surface area (Å²) in [5, 5.41) is 13.4. The van der Waals surface area contributed by atoms with Gasteiger partial charge in [0.1, 0.15) is 11.8 Å². The number of hydrogen-bond acceptors (Lipinski definition) is 4. The Balaban J connectivity index is 2.27. The van der Waals surface area contributed by atoms with Crippen molar-refractivity contribution >= 4 is 17.4 Å². The van der Waals surface area contributed by atoms with E-state index in [2.05, 4.69) is 5.32 Å². The maximum atomic E-state index is 12.4. The SMILES string of the molecule is COC(=O)C1=C(c2ccccc2)[C@H](O)c2ccccc2C(=O)N1. The molecule has 0 radical (unpaired) electrons. The molecule has 0 bridgehead atoms. The molecule has 5 heteroatoms. The van der Waals surface area contributed by atoms with Crippen molar-refractivity contribution in [2.45, 2.75) is 6.10 Å². The number of rotatable bonds is 2. The van der Waals surface area contributed by atoms with Crippen LogP contribution in [0.1, 0.15) is 27.6 Å². The van der Waals surface area contributed by atoms with E-state index in [1.54, 1.807) is 48.5 Å². The Kier molecular flexibility index (Phi) is 3.95. The van der Waals surface area contributed by atoms with Crippen LogP contribution in [-0.2, 0) is 9.53 Å². The molecule has 1 heterocycles. The van der Waals surface area contributed by atoms with Gasteiger partial charge in [0.15, 0.2) is 0 Å². The van der Waals surface area contributed by atoms with Gasteiger partial charge in [0.05, 0.1) is 7.11 Å². The summed E-state index contributed by atoms with van der Waals surface area (Å²) in [6, 6.07) is 15.7. The van der Waals surface area contributed by atoms with Gasteiger partial charge in [-0.2, -0.15) is 0 Å². The number of amides is 1. The molecule has 0 saturated carbocycles. The molecule has 0 aromatic heterocycles. The number of benzene rings is 2. The van der Waals surface area contributed by atoms with Gasteiger partial charge in [-0.15, -0.1) is 0 Å². The lowest BCUT2D eigenvalue weighted by Crippen LogP contribution is -2.28. The minimum absolute atomic E-state index is 0.0487. The standard InChI is InChI=1S/C18H15NO4/c1-23-18(22)15-14(11-7-3-2-4-8-11)16(20)12-9-5-6-10-13(12)17(21)19-15/h2-10,16,20H,1H3,(H,19,21)/t16-/m1/s1. The first kappa shape index (κ1) is 15.0. The third kappa shape index (κ3) is 2.62. The van der Waals surface area contributed by atoms with Crippen LogP contribution in [-0.4, -0.2) is 24.1 Å². The summed E-state index contributed by atoms with van der Waals surface area (Å²) in [5.74, 6) is -1.16. The molecule has 0 fully saturated rings. The van der Waals surface area contributed by atoms with Crippen molar-refractivity contribution in [1.29, 1.82) is 0 Å². The van der Waals surface area contributed by atoms with Gasteiger partial charge in [-0.1, -0.05) is 48.5 Å². The highest BCUT2D eigenvalue weighted by Crippen LogP contribution is 2.36. The zero-order valence-corrected chi connectivity index (χ0v) is 12.4. The number of carbonyl (C=O) groups excluding carboxylic acids is 2. The summed E-state index contributed by atoms with van der Waals surface area (Å²) in [6.45, 7) is 0. The number of esters is 1. The molecule has 0 saturated heterocycles. The highest BCUT2D eigenvalue weighted by Gasteiger charge is 2.32. The van der Waals surface area contributed by atoms with Gasteiger partial charge in [-0.05, 0) is 17.2 Å². The van der Waals surface area contributed by atoms with Crippen molar-refractivity contribution in [2.75, 3.05) is 7.11 Å². The number of carbonyl (C=O) groups is 2. The molecule has 2 N–H and O–H groups in total. The van der Waals surface area contributed by atoms with E-state index in [0.717, 1.165) is 0 Å². The monoisotopic (exact) mass is 309 g/mol. The van der Waals surface area contributed by atoms with Crippen LogP contribution >= 0.6 is 0 Å². The summed E-state index contributed by atoms with van der Waals surface area (Å²) in [6.07, 6.45) is -1.12. The highest BCUT2D eigenvalue weighted by molar-refractivity contribution is 6.08. The van der Waals surface area contributed by atoms with Crippen LogP contribution in [0.3, 0.4) is 0 Å². The average molecular weight is 309 g/mol. The number of ether oxygens (including phenoxy) is 1. The number of aliphatic hydroxyl groups excluding tert-OH is 1. The first-order valence-electron chi connectivity index (χ1n) is 7.09. The predicted molar refractivity (Wildman–Crippen MR) is 84.2 cm³/mol. The molecular weight excluding hydrogens is 294 g/mol. The van der Waals surface area contributed by atoms with Gasteiger partial charge in [0.2, 0.25) is 0 Å². The second-order valence-corrected chi connectivity index (χ2v) is 5.09. The molecule has 2 aromatic rings. The van der Waals surface area contributed by atoms with Crippen molar-refractivity contribution < 1.29 is 19.4 Å². The third-order valence-corrected chi connectivity index (χ3v) is 3.76. The van der Waals surface area contributed by atoms with E-state index in [1.807, 2.05) is 6.07 Å². The Morgan fingerprint density at radius 3 is 2.43 bits per heavy atom. The van der Waals surface area contributed by atoms with E-state index in [9.17, 15) is 14.7 Å². The molecule has 3 rings (SSSR count). The second kappa shape index (κ2) is 6.06. The summed E-state index contributed by atoms with van der Waals surface area (Å²) in [4.78, 5) is 24.5. The minimum atomic E-state index is -1.12. The molecule has 5 nitrogen and oxygen atoms in total. The van der Waals surface area contributed by atoms with Crippen LogP contribution in [0.15, 0.2) is 60.3 Å². The zero-order chi connectivity index (χ0) is 16.4. The summed E-state index contributed by atoms with van der Waals surface area (Å²) < 4.78 is 4.77. The molecular formula is C18H15NO4. The van der Waals surface area contributed by atoms with E-state index in [4.69, 9.17) is 4.74 Å². The fraction of sp³-hybridized carbons (Fsp3) is 0.111. The quantitative estimate of drug-likeness (QED) is 0.833. The third-order valence-electron chi connectivity index (χ3n) is 3.76. The molecule has 0 aliphatic carbocycles. The fourth-order valence-electron chi connectivity index (χ4n) is 2.67. The molecule has 1 amide bonds. The van der Waals surface area contributed by atoms with Crippen LogP contribution < -0.4 is 5.32 Å². The van der Waals surface area contributed by atoms with Gasteiger partial charge in [-0.3, -0.25) is 4.79 Å². The molecule has 1 aliphatic rings. The lowest BCUT2D eigenvalue weighted by molar-refractivity contribution is -0.136. The van der Waals surface area contributed by atoms with Crippen molar-refractivity contribution in [2.24, 2.45) is 0 Å². The highest BCUT2D eigenvalue weighted by atomic mass is 16.5. The second-order valence-electron chi connectivity index (χ2n) is 5.09. The molecule has 2 aromatic carbocycles. The van der Waals surface area contributed by atoms with Crippen LogP contribution in [0.2, 0.25) is 0 Å². The van der Waals surface area contributed by atoms with E-state index in [-0.39, 0.29) is 5.70 Å². The van der Waals surface area contributed by atoms with Crippen LogP contribution in [0.4, 0.5) is 0 Å². The predicted octanol–water partition coefficient (Wildman–Crippen LogP) is 2.05. The maximum absolute atomic E-state index is 12.4. The number of fused-ring (bicyclic) bond motifs is 1. The van der Waals surface area contributed by atoms with E-state index >= 15 is 0 Å². The number of methoxy groups -OCH3 is 1. The normalized spacial score (nSPS) is 17.1. The Morgan fingerprint density at radius 1 is 1.09 bits per heavy atom. The molecule has 23 heavy (non-hydrogen) atoms. The Labute approximate surface area is 133 Å². The van der Waals surface area contributed by atoms with Crippen molar-refractivity contribution in [1.82, 2.24) is 5.32 Å². The fourth-order valence-corrected chi connectivity index (χ4v) is 2.67. The topological polar surface area (TPSA) is 75.6 Å². The largest absolute Gasteiger partial charge is 0.464 e. The lowest BCUT2D eigenvalue weighted by atomic mass is 9.92. The van der Waals surface area contributed by atoms with Crippen molar-refractivity contribution in [3.8, 4) is 0 Å². The Morgan fingerprint density at radius 2 is 1.74 bits per heavy atom. The van der Waals surface area contributed by atoms with Gasteiger partial charge < -0.3 is 15.2 Å². The number of hydrogen-bond donors (Lipinski definition) is 2.